The molecule has 8 nitrogen and oxygen atoms in total. The standard InChI is InChI=1S/C20H21N7O.2ClH/c1-2-4-15(5-3-1)12-18-23-19(28-25-18)6-9-26-10-8-22-20(26)17-13-16-14-21-7-11-27(16)24-17;;/h1-5,8,10,13,21H,6-7,9,11-12,14H2;2*1H. The third-order valence-electron chi connectivity index (χ3n) is 4.90. The van der Waals surface area contributed by atoms with Gasteiger partial charge in [0, 0.05) is 44.9 Å². The molecule has 4 heterocycles. The van der Waals surface area contributed by atoms with Crippen LogP contribution in [-0.4, -0.2) is 36.0 Å². The summed E-state index contributed by atoms with van der Waals surface area (Å²) in [4.78, 5) is 9.02. The first kappa shape index (κ1) is 22.0. The van der Waals surface area contributed by atoms with Gasteiger partial charge in [0.15, 0.2) is 11.6 Å². The van der Waals surface area contributed by atoms with Crippen molar-refractivity contribution >= 4 is 24.8 Å². The van der Waals surface area contributed by atoms with Crippen LogP contribution in [0.2, 0.25) is 0 Å². The number of hydrogen-bond acceptors (Lipinski definition) is 6. The maximum absolute atomic E-state index is 5.42. The molecule has 0 aliphatic carbocycles. The Kier molecular flexibility index (Phi) is 7.25. The van der Waals surface area contributed by atoms with E-state index in [0.717, 1.165) is 31.2 Å². The molecule has 30 heavy (non-hydrogen) atoms. The summed E-state index contributed by atoms with van der Waals surface area (Å²) in [5.41, 5.74) is 3.27. The van der Waals surface area contributed by atoms with Gasteiger partial charge in [-0.1, -0.05) is 35.5 Å². The number of halogens is 2. The van der Waals surface area contributed by atoms with Crippen LogP contribution in [0, 0.1) is 0 Å². The van der Waals surface area contributed by atoms with Gasteiger partial charge in [-0.3, -0.25) is 4.68 Å². The van der Waals surface area contributed by atoms with Crippen LogP contribution in [0.4, 0.5) is 0 Å². The molecule has 5 rings (SSSR count). The predicted molar refractivity (Wildman–Crippen MR) is 117 cm³/mol. The number of hydrogen-bond donors (Lipinski definition) is 1. The number of benzene rings is 1. The maximum atomic E-state index is 5.42. The molecule has 0 saturated heterocycles. The second-order valence-electron chi connectivity index (χ2n) is 6.88. The third kappa shape index (κ3) is 4.72. The smallest absolute Gasteiger partial charge is 0.228 e. The molecule has 0 spiro atoms. The van der Waals surface area contributed by atoms with Crippen LogP contribution in [0.15, 0.2) is 53.3 Å². The second kappa shape index (κ2) is 9.88. The van der Waals surface area contributed by atoms with Crippen molar-refractivity contribution < 1.29 is 4.52 Å². The highest BCUT2D eigenvalue weighted by atomic mass is 35.5. The molecule has 1 aromatic carbocycles. The van der Waals surface area contributed by atoms with Crippen molar-refractivity contribution in [2.45, 2.75) is 32.5 Å². The highest BCUT2D eigenvalue weighted by Gasteiger charge is 2.16. The molecule has 4 aromatic rings. The number of aryl methyl sites for hydroxylation is 2. The minimum Gasteiger partial charge on any atom is -0.339 e. The first-order chi connectivity index (χ1) is 13.8. The Morgan fingerprint density at radius 2 is 2.00 bits per heavy atom. The molecule has 10 heteroatoms. The molecule has 0 saturated carbocycles. The van der Waals surface area contributed by atoms with Gasteiger partial charge in [-0.15, -0.1) is 24.8 Å². The third-order valence-corrected chi connectivity index (χ3v) is 4.90. The topological polar surface area (TPSA) is 86.6 Å². The Hall–Kier alpha value is -2.68. The highest BCUT2D eigenvalue weighted by Crippen LogP contribution is 2.19. The molecule has 1 aliphatic rings. The monoisotopic (exact) mass is 447 g/mol. The van der Waals surface area contributed by atoms with Crippen LogP contribution < -0.4 is 5.32 Å². The highest BCUT2D eigenvalue weighted by molar-refractivity contribution is 5.85. The average molecular weight is 448 g/mol. The first-order valence-electron chi connectivity index (χ1n) is 9.49. The summed E-state index contributed by atoms with van der Waals surface area (Å²) in [5, 5.41) is 12.2. The van der Waals surface area contributed by atoms with Gasteiger partial charge >= 0.3 is 0 Å². The average Bonchev–Trinajstić information content (AvgIpc) is 3.46. The zero-order valence-electron chi connectivity index (χ0n) is 16.3. The Labute approximate surface area is 186 Å². The molecule has 0 bridgehead atoms. The van der Waals surface area contributed by atoms with Gasteiger partial charge in [0.1, 0.15) is 5.69 Å². The van der Waals surface area contributed by atoms with Gasteiger partial charge in [-0.25, -0.2) is 4.98 Å². The lowest BCUT2D eigenvalue weighted by Crippen LogP contribution is -2.28. The predicted octanol–water partition coefficient (Wildman–Crippen LogP) is 2.91. The van der Waals surface area contributed by atoms with Crippen molar-refractivity contribution in [2.24, 2.45) is 0 Å². The van der Waals surface area contributed by atoms with Gasteiger partial charge in [0.05, 0.1) is 12.2 Å². The van der Waals surface area contributed by atoms with Gasteiger partial charge in [-0.05, 0) is 11.6 Å². The van der Waals surface area contributed by atoms with Gasteiger partial charge in [-0.2, -0.15) is 10.1 Å². The molecule has 158 valence electrons. The normalized spacial score (nSPS) is 12.7. The molecule has 0 atom stereocenters. The fourth-order valence-electron chi connectivity index (χ4n) is 3.48. The van der Waals surface area contributed by atoms with Crippen molar-refractivity contribution in [3.8, 4) is 11.5 Å². The molecule has 0 radical (unpaired) electrons. The number of rotatable bonds is 6. The molecule has 3 aromatic heterocycles. The summed E-state index contributed by atoms with van der Waals surface area (Å²) >= 11 is 0. The molecular formula is C20H23Cl2N7O. The first-order valence-corrected chi connectivity index (χ1v) is 9.49. The van der Waals surface area contributed by atoms with Gasteiger partial charge in [0.25, 0.3) is 0 Å². The van der Waals surface area contributed by atoms with Crippen molar-refractivity contribution in [1.82, 2.24) is 34.8 Å². The molecule has 1 aliphatic heterocycles. The zero-order valence-corrected chi connectivity index (χ0v) is 17.9. The number of nitrogens with one attached hydrogen (secondary N) is 1. The van der Waals surface area contributed by atoms with E-state index in [1.54, 1.807) is 6.20 Å². The molecular weight excluding hydrogens is 425 g/mol. The van der Waals surface area contributed by atoms with Crippen LogP contribution in [0.3, 0.4) is 0 Å². The van der Waals surface area contributed by atoms with Crippen molar-refractivity contribution in [1.29, 1.82) is 0 Å². The van der Waals surface area contributed by atoms with Crippen molar-refractivity contribution in [2.75, 3.05) is 6.54 Å². The minimum atomic E-state index is 0. The fourth-order valence-corrected chi connectivity index (χ4v) is 3.48. The van der Waals surface area contributed by atoms with E-state index in [0.29, 0.717) is 31.1 Å². The van der Waals surface area contributed by atoms with Crippen molar-refractivity contribution in [3.05, 3.63) is 71.8 Å². The SMILES string of the molecule is Cl.Cl.c1ccc(Cc2noc(CCn3ccnc3-c3cc4n(n3)CCNC4)n2)cc1. The zero-order chi connectivity index (χ0) is 18.8. The van der Waals surface area contributed by atoms with Gasteiger partial charge in [0.2, 0.25) is 5.89 Å². The summed E-state index contributed by atoms with van der Waals surface area (Å²) in [6.07, 6.45) is 5.10. The molecule has 1 N–H and O–H groups in total. The van der Waals surface area contributed by atoms with E-state index in [9.17, 15) is 0 Å². The Bertz CT molecular complexity index is 1050. The lowest BCUT2D eigenvalue weighted by Gasteiger charge is -2.13. The minimum absolute atomic E-state index is 0. The number of fused-ring (bicyclic) bond motifs is 1. The van der Waals surface area contributed by atoms with E-state index >= 15 is 0 Å². The van der Waals surface area contributed by atoms with Crippen LogP contribution in [0.5, 0.6) is 0 Å². The Morgan fingerprint density at radius 1 is 1.13 bits per heavy atom. The van der Waals surface area contributed by atoms with Gasteiger partial charge < -0.3 is 14.4 Å². The maximum Gasteiger partial charge on any atom is 0.228 e. The number of aromatic nitrogens is 6. The van der Waals surface area contributed by atoms with E-state index < -0.39 is 0 Å². The van der Waals surface area contributed by atoms with E-state index in [1.165, 1.54) is 11.3 Å². The molecule has 0 unspecified atom stereocenters. The quantitative estimate of drug-likeness (QED) is 0.488. The lowest BCUT2D eigenvalue weighted by atomic mass is 10.1. The fraction of sp³-hybridized carbons (Fsp3) is 0.300. The second-order valence-corrected chi connectivity index (χ2v) is 6.88. The summed E-state index contributed by atoms with van der Waals surface area (Å²) in [6.45, 7) is 3.40. The van der Waals surface area contributed by atoms with Crippen LogP contribution in [0.25, 0.3) is 11.5 Å². The van der Waals surface area contributed by atoms with E-state index in [1.807, 2.05) is 24.4 Å². The van der Waals surface area contributed by atoms with Crippen molar-refractivity contribution in [3.63, 3.8) is 0 Å². The van der Waals surface area contributed by atoms with E-state index in [-0.39, 0.29) is 24.8 Å². The summed E-state index contributed by atoms with van der Waals surface area (Å²) in [5.74, 6) is 2.21. The number of imidazole rings is 1. The van der Waals surface area contributed by atoms with Crippen LogP contribution in [-0.2, 0) is 32.5 Å². The Morgan fingerprint density at radius 3 is 2.83 bits per heavy atom. The lowest BCUT2D eigenvalue weighted by molar-refractivity contribution is 0.367. The van der Waals surface area contributed by atoms with Crippen LogP contribution in [0.1, 0.15) is 23.0 Å². The molecule has 0 fully saturated rings. The number of nitrogens with zero attached hydrogens (tertiary/aromatic N) is 6. The summed E-state index contributed by atoms with van der Waals surface area (Å²) < 4.78 is 9.56. The van der Waals surface area contributed by atoms with E-state index in [2.05, 4.69) is 47.9 Å². The van der Waals surface area contributed by atoms with Crippen LogP contribution >= 0.6 is 24.8 Å². The Balaban J connectivity index is 0.00000128. The summed E-state index contributed by atoms with van der Waals surface area (Å²) in [6, 6.07) is 12.3. The summed E-state index contributed by atoms with van der Waals surface area (Å²) in [7, 11) is 0. The molecule has 0 amide bonds. The van der Waals surface area contributed by atoms with E-state index in [4.69, 9.17) is 9.62 Å². The largest absolute Gasteiger partial charge is 0.339 e.